The molecule has 1 saturated heterocycles. The Morgan fingerprint density at radius 2 is 1.79 bits per heavy atom. The first-order chi connectivity index (χ1) is 15.8. The minimum Gasteiger partial charge on any atom is -0.481 e. The van der Waals surface area contributed by atoms with E-state index < -0.39 is 29.9 Å². The molecule has 8 heteroatoms. The highest BCUT2D eigenvalue weighted by Gasteiger charge is 2.48. The van der Waals surface area contributed by atoms with Crippen molar-refractivity contribution in [1.82, 2.24) is 4.90 Å². The van der Waals surface area contributed by atoms with E-state index in [2.05, 4.69) is 0 Å². The van der Waals surface area contributed by atoms with E-state index in [-0.39, 0.29) is 24.9 Å². The van der Waals surface area contributed by atoms with E-state index in [0.29, 0.717) is 22.9 Å². The predicted molar refractivity (Wildman–Crippen MR) is 126 cm³/mol. The van der Waals surface area contributed by atoms with Crippen LogP contribution in [0.4, 0.5) is 0 Å². The third kappa shape index (κ3) is 5.68. The standard InChI is InChI=1S/C25H27Cl2NO5/c1-3-21(25(32)33-4-2)28-23(15-8-10-18(26)11-9-15)20(16-6-5-7-19(27)12-16)13-17(24(28)31)14-22(29)30/h5-12,17,20-21,23H,3-4,13-14H2,1-2H3,(H,29,30)/t17?,20-,21+,23?/m1/s1. The first kappa shape index (κ1) is 25.1. The normalized spacial score (nSPS) is 21.5. The lowest BCUT2D eigenvalue weighted by molar-refractivity contribution is -0.163. The molecule has 0 bridgehead atoms. The van der Waals surface area contributed by atoms with Crippen LogP contribution in [0.15, 0.2) is 48.5 Å². The lowest BCUT2D eigenvalue weighted by atomic mass is 9.74. The van der Waals surface area contributed by atoms with Gasteiger partial charge in [-0.2, -0.15) is 0 Å². The SMILES string of the molecule is CCOC(=O)[C@H](CC)N1C(=O)C(CC(=O)O)C[C@H](c2cccc(Cl)c2)C1c1ccc(Cl)cc1. The van der Waals surface area contributed by atoms with Crippen molar-refractivity contribution in [3.8, 4) is 0 Å². The Morgan fingerprint density at radius 3 is 2.36 bits per heavy atom. The van der Waals surface area contributed by atoms with Crippen molar-refractivity contribution in [1.29, 1.82) is 0 Å². The number of hydrogen-bond donors (Lipinski definition) is 1. The number of ether oxygens (including phenoxy) is 1. The summed E-state index contributed by atoms with van der Waals surface area (Å²) in [6.45, 7) is 3.70. The number of carboxylic acids is 1. The van der Waals surface area contributed by atoms with E-state index in [4.69, 9.17) is 27.9 Å². The van der Waals surface area contributed by atoms with E-state index in [9.17, 15) is 19.5 Å². The second-order valence-corrected chi connectivity index (χ2v) is 8.98. The highest BCUT2D eigenvalue weighted by atomic mass is 35.5. The summed E-state index contributed by atoms with van der Waals surface area (Å²) in [5, 5.41) is 10.6. The van der Waals surface area contributed by atoms with Gasteiger partial charge in [-0.25, -0.2) is 4.79 Å². The molecule has 1 N–H and O–H groups in total. The number of benzene rings is 2. The van der Waals surface area contributed by atoms with Crippen molar-refractivity contribution in [2.45, 2.75) is 51.1 Å². The van der Waals surface area contributed by atoms with Crippen molar-refractivity contribution in [3.63, 3.8) is 0 Å². The Hall–Kier alpha value is -2.57. The van der Waals surface area contributed by atoms with Crippen molar-refractivity contribution in [2.75, 3.05) is 6.61 Å². The van der Waals surface area contributed by atoms with Crippen molar-refractivity contribution in [2.24, 2.45) is 5.92 Å². The van der Waals surface area contributed by atoms with Crippen LogP contribution in [0.5, 0.6) is 0 Å². The quantitative estimate of drug-likeness (QED) is 0.494. The molecule has 0 radical (unpaired) electrons. The van der Waals surface area contributed by atoms with E-state index in [1.807, 2.05) is 37.3 Å². The monoisotopic (exact) mass is 491 g/mol. The van der Waals surface area contributed by atoms with Crippen LogP contribution in [0.3, 0.4) is 0 Å². The van der Waals surface area contributed by atoms with Crippen LogP contribution in [0.1, 0.15) is 56.2 Å². The molecule has 4 atom stereocenters. The van der Waals surface area contributed by atoms with Crippen LogP contribution in [0.2, 0.25) is 10.0 Å². The summed E-state index contributed by atoms with van der Waals surface area (Å²) in [5.41, 5.74) is 1.67. The van der Waals surface area contributed by atoms with Crippen LogP contribution in [0, 0.1) is 5.92 Å². The molecule has 2 aromatic carbocycles. The summed E-state index contributed by atoms with van der Waals surface area (Å²) >= 11 is 12.4. The summed E-state index contributed by atoms with van der Waals surface area (Å²) < 4.78 is 5.28. The zero-order chi connectivity index (χ0) is 24.1. The summed E-state index contributed by atoms with van der Waals surface area (Å²) in [5.74, 6) is -3.00. The molecular formula is C25H27Cl2NO5. The number of carboxylic acid groups (broad SMARTS) is 1. The molecule has 2 aromatic rings. The number of rotatable bonds is 8. The molecule has 6 nitrogen and oxygen atoms in total. The van der Waals surface area contributed by atoms with E-state index in [1.54, 1.807) is 25.1 Å². The number of amides is 1. The minimum absolute atomic E-state index is 0.180. The molecule has 1 fully saturated rings. The predicted octanol–water partition coefficient (Wildman–Crippen LogP) is 5.48. The van der Waals surface area contributed by atoms with Crippen molar-refractivity contribution >= 4 is 41.0 Å². The number of aliphatic carboxylic acids is 1. The van der Waals surface area contributed by atoms with Gasteiger partial charge in [0.15, 0.2) is 0 Å². The maximum absolute atomic E-state index is 13.7. The number of halogens is 2. The lowest BCUT2D eigenvalue weighted by Gasteiger charge is -2.47. The van der Waals surface area contributed by atoms with Gasteiger partial charge in [0, 0.05) is 21.9 Å². The summed E-state index contributed by atoms with van der Waals surface area (Å²) in [4.78, 5) is 39.7. The first-order valence-corrected chi connectivity index (χ1v) is 11.7. The number of piperidine rings is 1. The number of likely N-dealkylation sites (tertiary alicyclic amines) is 1. The molecule has 0 aromatic heterocycles. The first-order valence-electron chi connectivity index (χ1n) is 11.0. The second-order valence-electron chi connectivity index (χ2n) is 8.11. The molecule has 3 rings (SSSR count). The Bertz CT molecular complexity index is 1010. The zero-order valence-corrected chi connectivity index (χ0v) is 20.1. The lowest BCUT2D eigenvalue weighted by Crippen LogP contribution is -2.54. The summed E-state index contributed by atoms with van der Waals surface area (Å²) in [7, 11) is 0. The molecule has 1 amide bonds. The average Bonchev–Trinajstić information content (AvgIpc) is 2.77. The fraction of sp³-hybridized carbons (Fsp3) is 0.400. The third-order valence-corrected chi connectivity index (χ3v) is 6.50. The fourth-order valence-corrected chi connectivity index (χ4v) is 4.96. The Labute approximate surface area is 203 Å². The molecule has 2 unspecified atom stereocenters. The Kier molecular flexibility index (Phi) is 8.38. The smallest absolute Gasteiger partial charge is 0.328 e. The van der Waals surface area contributed by atoms with Crippen LogP contribution in [-0.4, -0.2) is 40.5 Å². The highest BCUT2D eigenvalue weighted by Crippen LogP contribution is 2.47. The van der Waals surface area contributed by atoms with Crippen molar-refractivity contribution < 1.29 is 24.2 Å². The molecule has 1 aliphatic heterocycles. The largest absolute Gasteiger partial charge is 0.481 e. The van der Waals surface area contributed by atoms with Gasteiger partial charge in [0.05, 0.1) is 19.1 Å². The number of esters is 1. The average molecular weight is 492 g/mol. The molecule has 1 aliphatic rings. The molecule has 0 saturated carbocycles. The van der Waals surface area contributed by atoms with Gasteiger partial charge in [-0.3, -0.25) is 9.59 Å². The van der Waals surface area contributed by atoms with Gasteiger partial charge in [-0.15, -0.1) is 0 Å². The minimum atomic E-state index is -1.06. The van der Waals surface area contributed by atoms with Crippen LogP contribution in [-0.2, 0) is 19.1 Å². The second kappa shape index (κ2) is 11.0. The van der Waals surface area contributed by atoms with Crippen LogP contribution < -0.4 is 0 Å². The topological polar surface area (TPSA) is 83.9 Å². The number of carbonyl (C=O) groups excluding carboxylic acids is 2. The molecule has 1 heterocycles. The number of hydrogen-bond acceptors (Lipinski definition) is 4. The molecule has 176 valence electrons. The Balaban J connectivity index is 2.20. The van der Waals surface area contributed by atoms with Gasteiger partial charge in [0.2, 0.25) is 5.91 Å². The van der Waals surface area contributed by atoms with Gasteiger partial charge < -0.3 is 14.7 Å². The maximum atomic E-state index is 13.7. The van der Waals surface area contributed by atoms with Gasteiger partial charge in [0.25, 0.3) is 0 Å². The third-order valence-electron chi connectivity index (χ3n) is 6.01. The van der Waals surface area contributed by atoms with Crippen LogP contribution >= 0.6 is 23.2 Å². The molecule has 33 heavy (non-hydrogen) atoms. The molecule has 0 spiro atoms. The maximum Gasteiger partial charge on any atom is 0.328 e. The van der Waals surface area contributed by atoms with Gasteiger partial charge in [-0.05, 0) is 55.2 Å². The molecular weight excluding hydrogens is 465 g/mol. The van der Waals surface area contributed by atoms with Gasteiger partial charge >= 0.3 is 11.9 Å². The van der Waals surface area contributed by atoms with Crippen molar-refractivity contribution in [3.05, 3.63) is 69.7 Å². The fourth-order valence-electron chi connectivity index (χ4n) is 4.63. The number of nitrogens with zero attached hydrogens (tertiary/aromatic N) is 1. The summed E-state index contributed by atoms with van der Waals surface area (Å²) in [6.07, 6.45) is 0.324. The van der Waals surface area contributed by atoms with E-state index in [1.165, 1.54) is 4.90 Å². The number of carbonyl (C=O) groups is 3. The Morgan fingerprint density at radius 1 is 1.09 bits per heavy atom. The highest BCUT2D eigenvalue weighted by molar-refractivity contribution is 6.30. The van der Waals surface area contributed by atoms with Gasteiger partial charge in [0.1, 0.15) is 6.04 Å². The van der Waals surface area contributed by atoms with Crippen LogP contribution in [0.25, 0.3) is 0 Å². The van der Waals surface area contributed by atoms with E-state index in [0.717, 1.165) is 11.1 Å². The summed E-state index contributed by atoms with van der Waals surface area (Å²) in [6, 6.07) is 13.1. The molecule has 0 aliphatic carbocycles. The zero-order valence-electron chi connectivity index (χ0n) is 18.5. The van der Waals surface area contributed by atoms with Gasteiger partial charge in [-0.1, -0.05) is 54.4 Å². The van der Waals surface area contributed by atoms with E-state index >= 15 is 0 Å².